The van der Waals surface area contributed by atoms with Crippen LogP contribution in [0.4, 0.5) is 8.78 Å². The minimum atomic E-state index is -1.24. The fraction of sp³-hybridized carbons (Fsp3) is 0.522. The van der Waals surface area contributed by atoms with E-state index in [9.17, 15) is 24.1 Å². The Hall–Kier alpha value is -2.77. The van der Waals surface area contributed by atoms with E-state index in [2.05, 4.69) is 15.5 Å². The predicted molar refractivity (Wildman–Crippen MR) is 115 cm³/mol. The second kappa shape index (κ2) is 9.03. The third-order valence-corrected chi connectivity index (χ3v) is 6.75. The molecule has 0 amide bonds. The first-order chi connectivity index (χ1) is 16.8. The van der Waals surface area contributed by atoms with Gasteiger partial charge in [0.15, 0.2) is 17.4 Å². The van der Waals surface area contributed by atoms with E-state index in [1.165, 1.54) is 37.0 Å². The SMILES string of the molecule is CO[C@@H]1[C@@H](n2cc(-c3ccc(C)c(F)c3F)nn2)[C@@H](O)[C@@H](CO)O[C@@H]1Cc1cc(C2(O)CC2)on1. The molecule has 1 aromatic carbocycles. The predicted octanol–water partition coefficient (Wildman–Crippen LogP) is 1.42. The summed E-state index contributed by atoms with van der Waals surface area (Å²) < 4.78 is 46.8. The zero-order chi connectivity index (χ0) is 24.9. The van der Waals surface area contributed by atoms with Crippen LogP contribution in [-0.4, -0.2) is 73.6 Å². The summed E-state index contributed by atoms with van der Waals surface area (Å²) in [6.45, 7) is 0.979. The van der Waals surface area contributed by atoms with Gasteiger partial charge in [0.2, 0.25) is 0 Å². The number of methoxy groups -OCH3 is 1. The maximum atomic E-state index is 14.5. The van der Waals surface area contributed by atoms with Crippen LogP contribution in [0, 0.1) is 18.6 Å². The normalized spacial score (nSPS) is 27.8. The average Bonchev–Trinajstić information content (AvgIpc) is 3.23. The first-order valence-electron chi connectivity index (χ1n) is 11.3. The van der Waals surface area contributed by atoms with Gasteiger partial charge in [-0.2, -0.15) is 0 Å². The van der Waals surface area contributed by atoms with Crippen molar-refractivity contribution < 1.29 is 38.1 Å². The molecule has 5 atom stereocenters. The number of nitrogens with zero attached hydrogens (tertiary/aromatic N) is 4. The van der Waals surface area contributed by atoms with Crippen molar-refractivity contribution in [1.82, 2.24) is 20.2 Å². The lowest BCUT2D eigenvalue weighted by atomic mass is 9.90. The van der Waals surface area contributed by atoms with E-state index in [0.717, 1.165) is 0 Å². The van der Waals surface area contributed by atoms with Gasteiger partial charge in [-0.05, 0) is 31.4 Å². The third kappa shape index (κ3) is 4.25. The number of ether oxygens (including phenoxy) is 2. The van der Waals surface area contributed by atoms with Crippen LogP contribution >= 0.6 is 0 Å². The van der Waals surface area contributed by atoms with Gasteiger partial charge in [0.1, 0.15) is 35.6 Å². The molecule has 1 saturated heterocycles. The smallest absolute Gasteiger partial charge is 0.168 e. The Labute approximate surface area is 199 Å². The van der Waals surface area contributed by atoms with Gasteiger partial charge in [-0.25, -0.2) is 13.5 Å². The van der Waals surface area contributed by atoms with Crippen LogP contribution in [0.1, 0.15) is 35.9 Å². The zero-order valence-electron chi connectivity index (χ0n) is 19.1. The number of aryl methyl sites for hydroxylation is 1. The number of halogens is 2. The van der Waals surface area contributed by atoms with E-state index in [1.807, 2.05) is 0 Å². The largest absolute Gasteiger partial charge is 0.394 e. The van der Waals surface area contributed by atoms with Crippen molar-refractivity contribution in [2.24, 2.45) is 0 Å². The zero-order valence-corrected chi connectivity index (χ0v) is 19.1. The lowest BCUT2D eigenvalue weighted by Crippen LogP contribution is -2.57. The fourth-order valence-electron chi connectivity index (χ4n) is 4.52. The van der Waals surface area contributed by atoms with Crippen LogP contribution in [0.3, 0.4) is 0 Å². The Kier molecular flexibility index (Phi) is 6.18. The number of rotatable bonds is 7. The van der Waals surface area contributed by atoms with Gasteiger partial charge in [-0.1, -0.05) is 16.4 Å². The van der Waals surface area contributed by atoms with Gasteiger partial charge in [0.25, 0.3) is 0 Å². The van der Waals surface area contributed by atoms with Crippen molar-refractivity contribution in [3.63, 3.8) is 0 Å². The summed E-state index contributed by atoms with van der Waals surface area (Å²) in [7, 11) is 1.44. The number of aromatic nitrogens is 4. The molecule has 1 aliphatic carbocycles. The molecule has 188 valence electrons. The molecule has 1 saturated carbocycles. The highest BCUT2D eigenvalue weighted by Gasteiger charge is 2.48. The van der Waals surface area contributed by atoms with Crippen LogP contribution in [0.15, 0.2) is 28.9 Å². The Morgan fingerprint density at radius 1 is 1.23 bits per heavy atom. The maximum Gasteiger partial charge on any atom is 0.168 e. The van der Waals surface area contributed by atoms with Crippen molar-refractivity contribution >= 4 is 0 Å². The highest BCUT2D eigenvalue weighted by molar-refractivity contribution is 5.59. The Morgan fingerprint density at radius 3 is 2.69 bits per heavy atom. The van der Waals surface area contributed by atoms with E-state index in [4.69, 9.17) is 14.0 Å². The topological polar surface area (TPSA) is 136 Å². The average molecular weight is 492 g/mol. The van der Waals surface area contributed by atoms with Gasteiger partial charge >= 0.3 is 0 Å². The molecule has 1 aliphatic heterocycles. The number of aliphatic hydroxyl groups is 3. The van der Waals surface area contributed by atoms with E-state index < -0.39 is 54.3 Å². The molecule has 0 radical (unpaired) electrons. The summed E-state index contributed by atoms with van der Waals surface area (Å²) in [5.41, 5.74) is -0.302. The van der Waals surface area contributed by atoms with Crippen molar-refractivity contribution in [3.05, 3.63) is 53.0 Å². The van der Waals surface area contributed by atoms with Gasteiger partial charge in [0.05, 0.1) is 24.6 Å². The van der Waals surface area contributed by atoms with E-state index in [1.54, 1.807) is 6.07 Å². The minimum Gasteiger partial charge on any atom is -0.394 e. The Bertz CT molecular complexity index is 1210. The fourth-order valence-corrected chi connectivity index (χ4v) is 4.52. The highest BCUT2D eigenvalue weighted by Crippen LogP contribution is 2.45. The second-order valence-electron chi connectivity index (χ2n) is 9.14. The lowest BCUT2D eigenvalue weighted by molar-refractivity contribution is -0.212. The summed E-state index contributed by atoms with van der Waals surface area (Å²) in [6, 6.07) is 3.63. The molecule has 3 heterocycles. The lowest BCUT2D eigenvalue weighted by Gasteiger charge is -2.43. The van der Waals surface area contributed by atoms with Crippen LogP contribution in [0.25, 0.3) is 11.3 Å². The van der Waals surface area contributed by atoms with Crippen LogP contribution in [0.5, 0.6) is 0 Å². The van der Waals surface area contributed by atoms with Crippen LogP contribution in [-0.2, 0) is 21.5 Å². The number of benzene rings is 1. The Morgan fingerprint density at radius 2 is 2.00 bits per heavy atom. The molecule has 10 nitrogen and oxygen atoms in total. The molecule has 2 aromatic heterocycles. The first-order valence-corrected chi connectivity index (χ1v) is 11.3. The second-order valence-corrected chi connectivity index (χ2v) is 9.14. The quantitative estimate of drug-likeness (QED) is 0.447. The molecule has 0 spiro atoms. The molecule has 0 bridgehead atoms. The van der Waals surface area contributed by atoms with Crippen molar-refractivity contribution in [1.29, 1.82) is 0 Å². The summed E-state index contributed by atoms with van der Waals surface area (Å²) in [4.78, 5) is 0. The molecule has 35 heavy (non-hydrogen) atoms. The summed E-state index contributed by atoms with van der Waals surface area (Å²) in [5.74, 6) is -1.64. The van der Waals surface area contributed by atoms with E-state index in [-0.39, 0.29) is 23.2 Å². The summed E-state index contributed by atoms with van der Waals surface area (Å²) in [6.07, 6.45) is -0.874. The van der Waals surface area contributed by atoms with Gasteiger partial charge in [0, 0.05) is 25.2 Å². The van der Waals surface area contributed by atoms with Crippen LogP contribution in [0.2, 0.25) is 0 Å². The molecule has 2 aliphatic rings. The molecule has 5 rings (SSSR count). The van der Waals surface area contributed by atoms with Crippen molar-refractivity contribution in [3.8, 4) is 11.3 Å². The van der Waals surface area contributed by atoms with Gasteiger partial charge < -0.3 is 29.3 Å². The number of hydrogen-bond donors (Lipinski definition) is 3. The molecule has 3 N–H and O–H groups in total. The Balaban J connectivity index is 1.44. The molecule has 3 aromatic rings. The molecule has 0 unspecified atom stereocenters. The molecular formula is C23H26F2N4O6. The highest BCUT2D eigenvalue weighted by atomic mass is 19.2. The van der Waals surface area contributed by atoms with Crippen molar-refractivity contribution in [2.45, 2.75) is 62.2 Å². The number of aliphatic hydroxyl groups excluding tert-OH is 2. The van der Waals surface area contributed by atoms with Crippen LogP contribution < -0.4 is 0 Å². The maximum absolute atomic E-state index is 14.5. The standard InChI is InChI=1S/C23H26F2N4O6/c1-11-3-4-13(19(25)18(11)24)14-9-29(28-26-14)20-21(31)16(10-30)34-15(22(20)33-2)7-12-8-17(35-27-12)23(32)5-6-23/h3-4,8-9,15-16,20-22,30-32H,5-7,10H2,1-2H3/t15-,16-,20+,21+,22+/m1/s1. The third-order valence-electron chi connectivity index (χ3n) is 6.75. The van der Waals surface area contributed by atoms with Crippen molar-refractivity contribution in [2.75, 3.05) is 13.7 Å². The minimum absolute atomic E-state index is 0.0711. The summed E-state index contributed by atoms with van der Waals surface area (Å²) >= 11 is 0. The van der Waals surface area contributed by atoms with E-state index >= 15 is 0 Å². The first kappa shape index (κ1) is 23.9. The number of hydrogen-bond acceptors (Lipinski definition) is 9. The molecule has 12 heteroatoms. The summed E-state index contributed by atoms with van der Waals surface area (Å²) in [5, 5.41) is 43.1. The van der Waals surface area contributed by atoms with Gasteiger partial charge in [-0.15, -0.1) is 5.10 Å². The van der Waals surface area contributed by atoms with E-state index in [0.29, 0.717) is 24.3 Å². The monoisotopic (exact) mass is 492 g/mol. The molecular weight excluding hydrogens is 466 g/mol. The molecule has 2 fully saturated rings. The van der Waals surface area contributed by atoms with Gasteiger partial charge in [-0.3, -0.25) is 0 Å².